The second-order valence-electron chi connectivity index (χ2n) is 5.74. The predicted octanol–water partition coefficient (Wildman–Crippen LogP) is 1.68. The summed E-state index contributed by atoms with van der Waals surface area (Å²) in [6.45, 7) is 0.944. The molecule has 0 spiro atoms. The predicted molar refractivity (Wildman–Crippen MR) is 83.4 cm³/mol. The molecule has 1 amide bonds. The molecule has 0 aromatic carbocycles. The monoisotopic (exact) mass is 345 g/mol. The molecule has 3 aromatic heterocycles. The smallest absolute Gasteiger partial charge is 0.274 e. The number of aromatic nitrogens is 4. The van der Waals surface area contributed by atoms with E-state index < -0.39 is 11.9 Å². The number of imidazole rings is 1. The fourth-order valence-corrected chi connectivity index (χ4v) is 2.75. The molecule has 8 nitrogen and oxygen atoms in total. The van der Waals surface area contributed by atoms with Crippen LogP contribution in [0.1, 0.15) is 41.1 Å². The van der Waals surface area contributed by atoms with E-state index in [1.807, 2.05) is 0 Å². The van der Waals surface area contributed by atoms with Crippen LogP contribution in [-0.4, -0.2) is 38.6 Å². The van der Waals surface area contributed by atoms with Crippen molar-refractivity contribution in [2.75, 3.05) is 13.2 Å². The third-order valence-electron chi connectivity index (χ3n) is 4.01. The minimum atomic E-state index is -0.687. The molecular weight excluding hydrogens is 329 g/mol. The molecule has 4 heterocycles. The number of nitrogens with one attached hydrogen (secondary N) is 1. The van der Waals surface area contributed by atoms with Crippen molar-refractivity contribution in [2.45, 2.75) is 25.4 Å². The number of pyridine rings is 1. The van der Waals surface area contributed by atoms with E-state index in [0.29, 0.717) is 30.4 Å². The number of rotatable bonds is 5. The fourth-order valence-electron chi connectivity index (χ4n) is 2.75. The summed E-state index contributed by atoms with van der Waals surface area (Å²) in [5, 5.41) is 6.49. The number of hydrogen-bond acceptors (Lipinski definition) is 6. The molecule has 4 rings (SSSR count). The molecule has 0 saturated carbocycles. The van der Waals surface area contributed by atoms with Crippen LogP contribution in [0.5, 0.6) is 0 Å². The molecule has 1 fully saturated rings. The van der Waals surface area contributed by atoms with Gasteiger partial charge in [-0.05, 0) is 25.0 Å². The summed E-state index contributed by atoms with van der Waals surface area (Å²) >= 11 is 0. The van der Waals surface area contributed by atoms with Crippen molar-refractivity contribution in [2.24, 2.45) is 0 Å². The molecular formula is C16H16FN5O3. The Bertz CT molecular complexity index is 900. The number of carbonyl (C=O) groups excluding carboxylic acids is 1. The van der Waals surface area contributed by atoms with Crippen LogP contribution >= 0.6 is 0 Å². The minimum Gasteiger partial charge on any atom is -0.368 e. The average molecular weight is 345 g/mol. The van der Waals surface area contributed by atoms with Crippen molar-refractivity contribution in [3.05, 3.63) is 47.8 Å². The van der Waals surface area contributed by atoms with Crippen molar-refractivity contribution >= 4 is 11.6 Å². The van der Waals surface area contributed by atoms with Gasteiger partial charge in [0.05, 0.1) is 0 Å². The largest absolute Gasteiger partial charge is 0.368 e. The van der Waals surface area contributed by atoms with Gasteiger partial charge in [0.15, 0.2) is 11.5 Å². The summed E-state index contributed by atoms with van der Waals surface area (Å²) in [5.41, 5.74) is 0.142. The number of carbonyl (C=O) groups is 1. The van der Waals surface area contributed by atoms with Gasteiger partial charge in [-0.25, -0.2) is 4.98 Å². The molecule has 1 N–H and O–H groups in total. The average Bonchev–Trinajstić information content (AvgIpc) is 3.35. The number of ether oxygens (including phenoxy) is 1. The second kappa shape index (κ2) is 6.60. The minimum absolute atomic E-state index is 0.136. The Morgan fingerprint density at radius 1 is 1.40 bits per heavy atom. The molecule has 1 aliphatic rings. The van der Waals surface area contributed by atoms with Crippen molar-refractivity contribution in [3.8, 4) is 0 Å². The molecule has 25 heavy (non-hydrogen) atoms. The lowest BCUT2D eigenvalue weighted by Gasteiger charge is -2.01. The van der Waals surface area contributed by atoms with Crippen molar-refractivity contribution in [3.63, 3.8) is 0 Å². The van der Waals surface area contributed by atoms with E-state index in [1.165, 1.54) is 10.6 Å². The van der Waals surface area contributed by atoms with E-state index in [-0.39, 0.29) is 18.3 Å². The van der Waals surface area contributed by atoms with Gasteiger partial charge in [0.25, 0.3) is 11.8 Å². The summed E-state index contributed by atoms with van der Waals surface area (Å²) in [7, 11) is 0. The van der Waals surface area contributed by atoms with E-state index in [0.717, 1.165) is 12.8 Å². The first-order valence-corrected chi connectivity index (χ1v) is 8.07. The number of hydrogen-bond donors (Lipinski definition) is 1. The Kier molecular flexibility index (Phi) is 4.14. The Labute approximate surface area is 142 Å². The Hall–Kier alpha value is -2.81. The van der Waals surface area contributed by atoms with Crippen molar-refractivity contribution < 1.29 is 18.4 Å². The highest BCUT2D eigenvalue weighted by molar-refractivity contribution is 5.93. The zero-order valence-electron chi connectivity index (χ0n) is 13.3. The van der Waals surface area contributed by atoms with E-state index in [1.54, 1.807) is 18.2 Å². The van der Waals surface area contributed by atoms with Crippen molar-refractivity contribution in [1.82, 2.24) is 24.8 Å². The van der Waals surface area contributed by atoms with Crippen LogP contribution in [0, 0.1) is 5.95 Å². The van der Waals surface area contributed by atoms with Crippen LogP contribution in [0.15, 0.2) is 28.9 Å². The molecule has 0 bridgehead atoms. The highest BCUT2D eigenvalue weighted by atomic mass is 19.1. The molecule has 1 aliphatic heterocycles. The lowest BCUT2D eigenvalue weighted by Crippen LogP contribution is -2.27. The molecule has 1 atom stereocenters. The lowest BCUT2D eigenvalue weighted by molar-refractivity contribution is 0.0835. The van der Waals surface area contributed by atoms with Gasteiger partial charge in [-0.1, -0.05) is 11.2 Å². The highest BCUT2D eigenvalue weighted by Crippen LogP contribution is 2.26. The highest BCUT2D eigenvalue weighted by Gasteiger charge is 2.24. The van der Waals surface area contributed by atoms with Crippen LogP contribution in [0.2, 0.25) is 0 Å². The first-order valence-electron chi connectivity index (χ1n) is 8.07. The first kappa shape index (κ1) is 15.7. The van der Waals surface area contributed by atoms with Crippen LogP contribution in [0.4, 0.5) is 4.39 Å². The summed E-state index contributed by atoms with van der Waals surface area (Å²) < 4.78 is 26.1. The van der Waals surface area contributed by atoms with Crippen LogP contribution in [0.25, 0.3) is 5.65 Å². The summed E-state index contributed by atoms with van der Waals surface area (Å²) in [6.07, 6.45) is 3.59. The Morgan fingerprint density at radius 2 is 2.32 bits per heavy atom. The SMILES string of the molecule is O=C(NCCc1noc([C@@H]2CCCO2)n1)c1nc2ccccn2c1F. The van der Waals surface area contributed by atoms with Crippen LogP contribution < -0.4 is 5.32 Å². The fraction of sp³-hybridized carbons (Fsp3) is 0.375. The van der Waals surface area contributed by atoms with Crippen molar-refractivity contribution in [1.29, 1.82) is 0 Å². The number of halogens is 1. The van der Waals surface area contributed by atoms with Gasteiger partial charge in [0, 0.05) is 25.8 Å². The summed E-state index contributed by atoms with van der Waals surface area (Å²) in [5.74, 6) is -0.330. The standard InChI is InChI=1S/C16H16FN5O3/c17-14-13(20-12-5-1-2-8-22(12)14)15(23)18-7-6-11-19-16(25-21-11)10-4-3-9-24-10/h1-2,5,8,10H,3-4,6-7,9H2,(H,18,23)/t10-/m0/s1. The maximum atomic E-state index is 14.2. The second-order valence-corrected chi connectivity index (χ2v) is 5.74. The summed E-state index contributed by atoms with van der Waals surface area (Å²) in [6, 6.07) is 5.03. The van der Waals surface area contributed by atoms with Gasteiger partial charge in [0.2, 0.25) is 5.95 Å². The zero-order valence-corrected chi connectivity index (χ0v) is 13.3. The normalized spacial score (nSPS) is 17.2. The topological polar surface area (TPSA) is 94.5 Å². The third-order valence-corrected chi connectivity index (χ3v) is 4.01. The van der Waals surface area contributed by atoms with Gasteiger partial charge in [-0.3, -0.25) is 9.20 Å². The molecule has 130 valence electrons. The van der Waals surface area contributed by atoms with Crippen LogP contribution in [-0.2, 0) is 11.2 Å². The van der Waals surface area contributed by atoms with E-state index in [4.69, 9.17) is 9.26 Å². The third kappa shape index (κ3) is 3.10. The number of fused-ring (bicyclic) bond motifs is 1. The quantitative estimate of drug-likeness (QED) is 0.756. The lowest BCUT2D eigenvalue weighted by atomic mass is 10.2. The van der Waals surface area contributed by atoms with Gasteiger partial charge >= 0.3 is 0 Å². The maximum absolute atomic E-state index is 14.2. The summed E-state index contributed by atoms with van der Waals surface area (Å²) in [4.78, 5) is 20.4. The number of nitrogens with zero attached hydrogens (tertiary/aromatic N) is 4. The molecule has 0 aliphatic carbocycles. The molecule has 1 saturated heterocycles. The number of amides is 1. The van der Waals surface area contributed by atoms with Gasteiger partial charge in [-0.2, -0.15) is 9.37 Å². The Balaban J connectivity index is 1.36. The molecule has 9 heteroatoms. The maximum Gasteiger partial charge on any atom is 0.274 e. The molecule has 0 unspecified atom stereocenters. The zero-order chi connectivity index (χ0) is 17.2. The van der Waals surface area contributed by atoms with E-state index in [2.05, 4.69) is 20.4 Å². The van der Waals surface area contributed by atoms with Crippen LogP contribution in [0.3, 0.4) is 0 Å². The van der Waals surface area contributed by atoms with Gasteiger partial charge in [0.1, 0.15) is 11.8 Å². The van der Waals surface area contributed by atoms with Gasteiger partial charge < -0.3 is 14.6 Å². The molecule has 3 aromatic rings. The Morgan fingerprint density at radius 3 is 3.12 bits per heavy atom. The van der Waals surface area contributed by atoms with E-state index in [9.17, 15) is 9.18 Å². The molecule has 0 radical (unpaired) electrons. The van der Waals surface area contributed by atoms with Gasteiger partial charge in [-0.15, -0.1) is 0 Å². The van der Waals surface area contributed by atoms with E-state index >= 15 is 0 Å². The first-order chi connectivity index (χ1) is 12.2.